The molecule has 2 aromatic rings. The van der Waals surface area contributed by atoms with Gasteiger partial charge in [-0.3, -0.25) is 19.2 Å². The minimum atomic E-state index is -3.61. The summed E-state index contributed by atoms with van der Waals surface area (Å²) in [6.07, 6.45) is 1.01. The lowest BCUT2D eigenvalue weighted by molar-refractivity contribution is -0.114. The van der Waals surface area contributed by atoms with Crippen LogP contribution < -0.4 is 20.1 Å². The molecule has 0 aliphatic carbocycles. The van der Waals surface area contributed by atoms with E-state index in [0.29, 0.717) is 5.69 Å². The van der Waals surface area contributed by atoms with Crippen molar-refractivity contribution in [3.05, 3.63) is 53.6 Å². The Bertz CT molecular complexity index is 1080. The number of hydrogen-bond acceptors (Lipinski definition) is 6. The van der Waals surface area contributed by atoms with Gasteiger partial charge in [-0.05, 0) is 49.0 Å². The molecule has 0 radical (unpaired) electrons. The number of methoxy groups -OCH3 is 1. The van der Waals surface area contributed by atoms with E-state index in [1.165, 1.54) is 25.1 Å². The highest BCUT2D eigenvalue weighted by Crippen LogP contribution is 2.25. The first-order chi connectivity index (χ1) is 15.6. The van der Waals surface area contributed by atoms with Crippen LogP contribution in [0.3, 0.4) is 0 Å². The molecule has 0 aromatic heterocycles. The molecule has 1 atom stereocenters. The van der Waals surface area contributed by atoms with Gasteiger partial charge in [-0.25, -0.2) is 8.42 Å². The van der Waals surface area contributed by atoms with E-state index in [2.05, 4.69) is 20.3 Å². The summed E-state index contributed by atoms with van der Waals surface area (Å²) >= 11 is 0. The molecular formula is C23H32N4O5S. The number of amides is 2. The highest BCUT2D eigenvalue weighted by Gasteiger charge is 2.21. The standard InChI is InChI=1S/C23H32N4O5S/c1-6-27(7-2)22(17-9-8-10-19(13-17)32-4)15-24-23(29)20-14-18(25-16(3)28)11-12-21(20)26-33(5,30)31/h8-14,22,26H,6-7,15H2,1-5H3,(H,24,29)(H,25,28). The number of nitrogens with one attached hydrogen (secondary N) is 3. The second-order valence-electron chi connectivity index (χ2n) is 7.54. The van der Waals surface area contributed by atoms with Gasteiger partial charge in [0, 0.05) is 19.2 Å². The van der Waals surface area contributed by atoms with E-state index < -0.39 is 15.9 Å². The topological polar surface area (TPSA) is 117 Å². The van der Waals surface area contributed by atoms with E-state index in [-0.39, 0.29) is 29.7 Å². The highest BCUT2D eigenvalue weighted by molar-refractivity contribution is 7.92. The number of carbonyl (C=O) groups excluding carboxylic acids is 2. The number of likely N-dealkylation sites (N-methyl/N-ethyl adjacent to an activating group) is 1. The van der Waals surface area contributed by atoms with Crippen LogP contribution in [-0.4, -0.2) is 58.1 Å². The number of nitrogens with zero attached hydrogens (tertiary/aromatic N) is 1. The molecule has 0 saturated heterocycles. The lowest BCUT2D eigenvalue weighted by Crippen LogP contribution is -2.38. The molecule has 9 nitrogen and oxygen atoms in total. The number of anilines is 2. The second kappa shape index (κ2) is 11.7. The van der Waals surface area contributed by atoms with Crippen molar-refractivity contribution in [2.45, 2.75) is 26.8 Å². The van der Waals surface area contributed by atoms with Crippen LogP contribution >= 0.6 is 0 Å². The van der Waals surface area contributed by atoms with Crippen molar-refractivity contribution in [2.75, 3.05) is 43.0 Å². The molecule has 0 saturated carbocycles. The van der Waals surface area contributed by atoms with E-state index in [0.717, 1.165) is 30.7 Å². The third-order valence-electron chi connectivity index (χ3n) is 5.07. The van der Waals surface area contributed by atoms with Gasteiger partial charge in [0.1, 0.15) is 5.75 Å². The fraction of sp³-hybridized carbons (Fsp3) is 0.391. The summed E-state index contributed by atoms with van der Waals surface area (Å²) in [5.41, 5.74) is 1.61. The molecule has 1 unspecified atom stereocenters. The van der Waals surface area contributed by atoms with E-state index in [4.69, 9.17) is 4.74 Å². The van der Waals surface area contributed by atoms with Crippen LogP contribution in [-0.2, 0) is 14.8 Å². The van der Waals surface area contributed by atoms with Crippen molar-refractivity contribution in [1.29, 1.82) is 0 Å². The lowest BCUT2D eigenvalue weighted by Gasteiger charge is -2.30. The molecule has 33 heavy (non-hydrogen) atoms. The summed E-state index contributed by atoms with van der Waals surface area (Å²) in [5, 5.41) is 5.53. The molecule has 0 spiro atoms. The van der Waals surface area contributed by atoms with Gasteiger partial charge in [-0.1, -0.05) is 26.0 Å². The Morgan fingerprint density at radius 3 is 2.36 bits per heavy atom. The summed E-state index contributed by atoms with van der Waals surface area (Å²) in [6, 6.07) is 12.0. The first kappa shape index (κ1) is 26.1. The summed E-state index contributed by atoms with van der Waals surface area (Å²) in [6.45, 7) is 7.27. The predicted octanol–water partition coefficient (Wildman–Crippen LogP) is 2.84. The minimum Gasteiger partial charge on any atom is -0.497 e. The quantitative estimate of drug-likeness (QED) is 0.459. The smallest absolute Gasteiger partial charge is 0.253 e. The van der Waals surface area contributed by atoms with Gasteiger partial charge in [0.05, 0.1) is 30.7 Å². The van der Waals surface area contributed by atoms with Crippen molar-refractivity contribution in [3.63, 3.8) is 0 Å². The molecule has 0 heterocycles. The fourth-order valence-corrected chi connectivity index (χ4v) is 4.13. The van der Waals surface area contributed by atoms with Crippen LogP contribution in [0.15, 0.2) is 42.5 Å². The van der Waals surface area contributed by atoms with Crippen molar-refractivity contribution in [3.8, 4) is 5.75 Å². The summed E-state index contributed by atoms with van der Waals surface area (Å²) in [5.74, 6) is -0.0446. The molecule has 0 aliphatic rings. The van der Waals surface area contributed by atoms with Crippen molar-refractivity contribution in [2.24, 2.45) is 0 Å². The highest BCUT2D eigenvalue weighted by atomic mass is 32.2. The third kappa shape index (κ3) is 7.76. The summed E-state index contributed by atoms with van der Waals surface area (Å²) < 4.78 is 31.3. The van der Waals surface area contributed by atoms with Crippen LogP contribution in [0.25, 0.3) is 0 Å². The van der Waals surface area contributed by atoms with Crippen LogP contribution in [0.2, 0.25) is 0 Å². The lowest BCUT2D eigenvalue weighted by atomic mass is 10.0. The molecule has 2 rings (SSSR count). The zero-order chi connectivity index (χ0) is 24.6. The minimum absolute atomic E-state index is 0.107. The van der Waals surface area contributed by atoms with Gasteiger partial charge in [0.25, 0.3) is 5.91 Å². The average molecular weight is 477 g/mol. The molecular weight excluding hydrogens is 444 g/mol. The van der Waals surface area contributed by atoms with Crippen LogP contribution in [0, 0.1) is 0 Å². The maximum Gasteiger partial charge on any atom is 0.253 e. The maximum atomic E-state index is 13.1. The van der Waals surface area contributed by atoms with E-state index >= 15 is 0 Å². The number of sulfonamides is 1. The van der Waals surface area contributed by atoms with Gasteiger partial charge in [0.15, 0.2) is 0 Å². The first-order valence-electron chi connectivity index (χ1n) is 10.6. The molecule has 0 bridgehead atoms. The van der Waals surface area contributed by atoms with E-state index in [9.17, 15) is 18.0 Å². The predicted molar refractivity (Wildman–Crippen MR) is 130 cm³/mol. The third-order valence-corrected chi connectivity index (χ3v) is 5.66. The molecule has 0 fully saturated rings. The largest absolute Gasteiger partial charge is 0.497 e. The van der Waals surface area contributed by atoms with Crippen LogP contribution in [0.4, 0.5) is 11.4 Å². The van der Waals surface area contributed by atoms with Gasteiger partial charge in [-0.2, -0.15) is 0 Å². The molecule has 3 N–H and O–H groups in total. The zero-order valence-corrected chi connectivity index (χ0v) is 20.5. The van der Waals surface area contributed by atoms with Crippen molar-refractivity contribution in [1.82, 2.24) is 10.2 Å². The van der Waals surface area contributed by atoms with Crippen molar-refractivity contribution < 1.29 is 22.7 Å². The molecule has 10 heteroatoms. The Kier molecular flexibility index (Phi) is 9.24. The Morgan fingerprint density at radius 2 is 1.79 bits per heavy atom. The first-order valence-corrected chi connectivity index (χ1v) is 12.5. The monoisotopic (exact) mass is 476 g/mol. The SMILES string of the molecule is CCN(CC)C(CNC(=O)c1cc(NC(C)=O)ccc1NS(C)(=O)=O)c1cccc(OC)c1. The van der Waals surface area contributed by atoms with Crippen LogP contribution in [0.1, 0.15) is 42.7 Å². The Hall–Kier alpha value is -3.11. The Balaban J connectivity index is 2.35. The van der Waals surface area contributed by atoms with Crippen molar-refractivity contribution >= 4 is 33.2 Å². The maximum absolute atomic E-state index is 13.1. The normalized spacial score (nSPS) is 12.2. The second-order valence-corrected chi connectivity index (χ2v) is 9.29. The number of ether oxygens (including phenoxy) is 1. The number of hydrogen-bond donors (Lipinski definition) is 3. The van der Waals surface area contributed by atoms with Gasteiger partial charge in [0.2, 0.25) is 15.9 Å². The molecule has 0 aliphatic heterocycles. The number of benzene rings is 2. The van der Waals surface area contributed by atoms with Gasteiger partial charge in [-0.15, -0.1) is 0 Å². The van der Waals surface area contributed by atoms with E-state index in [1.54, 1.807) is 7.11 Å². The average Bonchev–Trinajstić information content (AvgIpc) is 2.76. The molecule has 2 aromatic carbocycles. The molecule has 180 valence electrons. The summed E-state index contributed by atoms with van der Waals surface area (Å²) in [4.78, 5) is 26.8. The van der Waals surface area contributed by atoms with E-state index in [1.807, 2.05) is 38.1 Å². The summed E-state index contributed by atoms with van der Waals surface area (Å²) in [7, 11) is -2.01. The molecule has 2 amide bonds. The zero-order valence-electron chi connectivity index (χ0n) is 19.6. The fourth-order valence-electron chi connectivity index (χ4n) is 3.56. The van der Waals surface area contributed by atoms with Gasteiger partial charge >= 0.3 is 0 Å². The Morgan fingerprint density at radius 1 is 1.09 bits per heavy atom. The van der Waals surface area contributed by atoms with Gasteiger partial charge < -0.3 is 15.4 Å². The number of carbonyl (C=O) groups is 2. The number of rotatable bonds is 11. The van der Waals surface area contributed by atoms with Crippen LogP contribution in [0.5, 0.6) is 5.75 Å². The Labute approximate surface area is 195 Å².